The first-order chi connectivity index (χ1) is 32.8. The monoisotopic (exact) mass is 930 g/mol. The number of hydrogen-bond acceptors (Lipinski definition) is 11. The summed E-state index contributed by atoms with van der Waals surface area (Å²) in [6.45, 7) is 9.10. The maximum atomic E-state index is 13.9. The number of aromatic amines is 2. The van der Waals surface area contributed by atoms with Gasteiger partial charge in [-0.15, -0.1) is 0 Å². The number of methoxy groups -OCH3 is 2. The van der Waals surface area contributed by atoms with Crippen molar-refractivity contribution in [2.45, 2.75) is 115 Å². The molecule has 0 spiro atoms. The minimum atomic E-state index is -0.725. The SMILES string of the molecule is COC(=O)NC(C(=O)N1CCC[C@H]1c1nc2ccc([C@H]3CC[C@H](c4ccc5nc([C@@H]6CCCN6C(=O)[C@@H](NC(=O)OC)C(C)C)[nH]c5c4)N3c3ccc(CC4COC(=O)N4)cc3)cc2[nH]1)C(C)C. The smallest absolute Gasteiger partial charge is 0.407 e. The molecule has 18 heteroatoms. The predicted octanol–water partition coefficient (Wildman–Crippen LogP) is 7.26. The van der Waals surface area contributed by atoms with Crippen LogP contribution in [0.1, 0.15) is 119 Å². The molecule has 4 saturated heterocycles. The molecule has 0 bridgehead atoms. The molecule has 2 unspecified atom stereocenters. The summed E-state index contributed by atoms with van der Waals surface area (Å²) in [5.41, 5.74) is 7.80. The van der Waals surface area contributed by atoms with Crippen molar-refractivity contribution in [2.24, 2.45) is 11.8 Å². The number of imidazole rings is 2. The van der Waals surface area contributed by atoms with Crippen LogP contribution in [0.15, 0.2) is 60.7 Å². The first-order valence-electron chi connectivity index (χ1n) is 23.9. The molecule has 5 N–H and O–H groups in total. The fourth-order valence-electron chi connectivity index (χ4n) is 10.7. The second-order valence-corrected chi connectivity index (χ2v) is 19.2. The lowest BCUT2D eigenvalue weighted by molar-refractivity contribution is -0.136. The highest BCUT2D eigenvalue weighted by Gasteiger charge is 2.41. The van der Waals surface area contributed by atoms with Crippen molar-refractivity contribution in [2.75, 3.05) is 38.8 Å². The number of anilines is 1. The number of cyclic esters (lactones) is 1. The lowest BCUT2D eigenvalue weighted by atomic mass is 10.0. The normalized spacial score (nSPS) is 22.5. The zero-order valence-electron chi connectivity index (χ0n) is 39.5. The molecule has 5 aromatic rings. The number of benzene rings is 3. The summed E-state index contributed by atoms with van der Waals surface area (Å²) < 4.78 is 14.8. The van der Waals surface area contributed by atoms with E-state index in [0.717, 1.165) is 94.6 Å². The standard InChI is InChI=1S/C50H62N10O8/c1-27(2)42(56-48(63)66-5)46(61)58-21-7-9-40(58)44-52-34-17-13-30(24-36(34)54-44)38-19-20-39(60(38)33-15-11-29(12-16-33)23-32-26-68-50(65)51-32)31-14-18-35-37(25-31)55-45(53-35)41-10-8-22-59(41)47(62)43(28(3)4)57-49(64)67-6/h11-18,24-25,27-28,32,38-43H,7-10,19-23,26H2,1-6H3,(H,51,65)(H,52,54)(H,53,55)(H,56,63)(H,57,64)/t32?,38-,39-,40+,41+,42+,43?/m1/s1. The highest BCUT2D eigenvalue weighted by Crippen LogP contribution is 2.48. The van der Waals surface area contributed by atoms with Gasteiger partial charge in [0.05, 0.1) is 66.5 Å². The number of ether oxygens (including phenoxy) is 3. The van der Waals surface area contributed by atoms with Crippen molar-refractivity contribution in [1.29, 1.82) is 0 Å². The molecule has 0 aliphatic carbocycles. The molecule has 6 heterocycles. The number of fused-ring (bicyclic) bond motifs is 2. The van der Waals surface area contributed by atoms with Crippen LogP contribution in [0.25, 0.3) is 22.1 Å². The molecule has 3 aromatic carbocycles. The zero-order chi connectivity index (χ0) is 47.8. The maximum absolute atomic E-state index is 13.9. The van der Waals surface area contributed by atoms with Crippen LogP contribution >= 0.6 is 0 Å². The van der Waals surface area contributed by atoms with E-state index in [2.05, 4.69) is 91.5 Å². The lowest BCUT2D eigenvalue weighted by Crippen LogP contribution is -2.51. The Bertz CT molecular complexity index is 2530. The van der Waals surface area contributed by atoms with Gasteiger partial charge in [-0.2, -0.15) is 0 Å². The van der Waals surface area contributed by atoms with Gasteiger partial charge in [-0.3, -0.25) is 9.59 Å². The number of amides is 5. The van der Waals surface area contributed by atoms with Gasteiger partial charge in [0.15, 0.2) is 0 Å². The summed E-state index contributed by atoms with van der Waals surface area (Å²) >= 11 is 0. The number of rotatable bonds is 13. The summed E-state index contributed by atoms with van der Waals surface area (Å²) in [6.07, 6.45) is 3.89. The van der Waals surface area contributed by atoms with Crippen LogP contribution in [0.4, 0.5) is 20.1 Å². The van der Waals surface area contributed by atoms with Crippen LogP contribution in [-0.2, 0) is 30.2 Å². The zero-order valence-corrected chi connectivity index (χ0v) is 39.5. The number of likely N-dealkylation sites (tertiary alicyclic amines) is 2. The van der Waals surface area contributed by atoms with Gasteiger partial charge in [0, 0.05) is 18.8 Å². The fraction of sp³-hybridized carbons (Fsp3) is 0.500. The van der Waals surface area contributed by atoms with E-state index < -0.39 is 24.3 Å². The van der Waals surface area contributed by atoms with Crippen molar-refractivity contribution in [3.63, 3.8) is 0 Å². The van der Waals surface area contributed by atoms with Crippen LogP contribution in [0, 0.1) is 11.8 Å². The Kier molecular flexibility index (Phi) is 13.2. The maximum Gasteiger partial charge on any atom is 0.407 e. The molecule has 4 aliphatic rings. The van der Waals surface area contributed by atoms with Crippen LogP contribution in [-0.4, -0.2) is 112 Å². The van der Waals surface area contributed by atoms with Gasteiger partial charge in [-0.05, 0) is 110 Å². The third-order valence-corrected chi connectivity index (χ3v) is 14.1. The Hall–Kier alpha value is -6.85. The summed E-state index contributed by atoms with van der Waals surface area (Å²) in [6, 6.07) is 19.3. The quantitative estimate of drug-likeness (QED) is 0.0741. The van der Waals surface area contributed by atoms with Gasteiger partial charge in [-0.1, -0.05) is 52.0 Å². The molecule has 0 radical (unpaired) electrons. The Morgan fingerprint density at radius 2 is 1.18 bits per heavy atom. The van der Waals surface area contributed by atoms with Crippen molar-refractivity contribution in [3.05, 3.63) is 89.0 Å². The number of hydrogen-bond donors (Lipinski definition) is 5. The van der Waals surface area contributed by atoms with Crippen molar-refractivity contribution in [1.82, 2.24) is 45.7 Å². The van der Waals surface area contributed by atoms with Gasteiger partial charge in [0.25, 0.3) is 0 Å². The molecule has 7 atom stereocenters. The lowest BCUT2D eigenvalue weighted by Gasteiger charge is -2.33. The van der Waals surface area contributed by atoms with Crippen molar-refractivity contribution in [3.8, 4) is 0 Å². The van der Waals surface area contributed by atoms with Crippen molar-refractivity contribution >= 4 is 57.8 Å². The molecule has 9 rings (SSSR count). The molecule has 4 fully saturated rings. The molecule has 2 aromatic heterocycles. The van der Waals surface area contributed by atoms with E-state index in [1.165, 1.54) is 14.2 Å². The molecular formula is C50H62N10O8. The third-order valence-electron chi connectivity index (χ3n) is 14.1. The topological polar surface area (TPSA) is 216 Å². The number of nitrogens with one attached hydrogen (secondary N) is 5. The summed E-state index contributed by atoms with van der Waals surface area (Å²) in [4.78, 5) is 87.3. The number of carbonyl (C=O) groups excluding carboxylic acids is 5. The first-order valence-corrected chi connectivity index (χ1v) is 23.9. The van der Waals surface area contributed by atoms with Crippen LogP contribution in [0.3, 0.4) is 0 Å². The van der Waals surface area contributed by atoms with Gasteiger partial charge in [-0.25, -0.2) is 24.4 Å². The van der Waals surface area contributed by atoms with Crippen LogP contribution in [0.2, 0.25) is 0 Å². The second-order valence-electron chi connectivity index (χ2n) is 19.2. The van der Waals surface area contributed by atoms with Gasteiger partial charge < -0.3 is 54.8 Å². The van der Waals surface area contributed by atoms with E-state index in [1.807, 2.05) is 37.5 Å². The second kappa shape index (κ2) is 19.4. The van der Waals surface area contributed by atoms with E-state index in [0.29, 0.717) is 26.1 Å². The van der Waals surface area contributed by atoms with Gasteiger partial charge in [0.1, 0.15) is 30.3 Å². The molecule has 0 saturated carbocycles. The number of nitrogens with zero attached hydrogens (tertiary/aromatic N) is 5. The average molecular weight is 931 g/mol. The minimum Gasteiger partial charge on any atom is -0.453 e. The van der Waals surface area contributed by atoms with E-state index in [4.69, 9.17) is 24.2 Å². The number of alkyl carbamates (subject to hydrolysis) is 3. The van der Waals surface area contributed by atoms with Crippen LogP contribution < -0.4 is 20.9 Å². The minimum absolute atomic E-state index is 0.00357. The average Bonchev–Trinajstić information content (AvgIpc) is 4.20. The number of carbonyl (C=O) groups is 5. The molecule has 68 heavy (non-hydrogen) atoms. The summed E-state index contributed by atoms with van der Waals surface area (Å²) in [5.74, 6) is 0.859. The van der Waals surface area contributed by atoms with E-state index in [1.54, 1.807) is 0 Å². The van der Waals surface area contributed by atoms with E-state index in [9.17, 15) is 24.0 Å². The predicted molar refractivity (Wildman–Crippen MR) is 254 cm³/mol. The molecular weight excluding hydrogens is 869 g/mol. The highest BCUT2D eigenvalue weighted by molar-refractivity contribution is 5.88. The molecule has 18 nitrogen and oxygen atoms in total. The Balaban J connectivity index is 1.00. The van der Waals surface area contributed by atoms with Crippen molar-refractivity contribution < 1.29 is 38.2 Å². The van der Waals surface area contributed by atoms with Gasteiger partial charge >= 0.3 is 18.3 Å². The number of aromatic nitrogens is 4. The third kappa shape index (κ3) is 9.24. The van der Waals surface area contributed by atoms with Crippen LogP contribution in [0.5, 0.6) is 0 Å². The molecule has 360 valence electrons. The Morgan fingerprint density at radius 3 is 1.60 bits per heavy atom. The Labute approximate surface area is 395 Å². The summed E-state index contributed by atoms with van der Waals surface area (Å²) in [5, 5.41) is 8.35. The fourth-order valence-corrected chi connectivity index (χ4v) is 10.7. The summed E-state index contributed by atoms with van der Waals surface area (Å²) in [7, 11) is 2.58. The van der Waals surface area contributed by atoms with E-state index >= 15 is 0 Å². The molecule has 5 amide bonds. The Morgan fingerprint density at radius 1 is 0.691 bits per heavy atom. The van der Waals surface area contributed by atoms with Gasteiger partial charge in [0.2, 0.25) is 11.8 Å². The highest BCUT2D eigenvalue weighted by atomic mass is 16.6. The van der Waals surface area contributed by atoms with E-state index in [-0.39, 0.29) is 60.0 Å². The molecule has 4 aliphatic heterocycles. The number of H-pyrrole nitrogens is 2. The largest absolute Gasteiger partial charge is 0.453 e. The first kappa shape index (κ1) is 46.3.